The van der Waals surface area contributed by atoms with Crippen LogP contribution in [0.5, 0.6) is 17.2 Å². The van der Waals surface area contributed by atoms with E-state index in [4.69, 9.17) is 16.2 Å². The molecule has 3 heterocycles. The summed E-state index contributed by atoms with van der Waals surface area (Å²) < 4.78 is 6.32. The van der Waals surface area contributed by atoms with Gasteiger partial charge >= 0.3 is 0 Å². The van der Waals surface area contributed by atoms with E-state index in [-0.39, 0.29) is 95.8 Å². The van der Waals surface area contributed by atoms with Crippen LogP contribution in [0.1, 0.15) is 171 Å². The van der Waals surface area contributed by atoms with Crippen LogP contribution in [0.4, 0.5) is 0 Å². The van der Waals surface area contributed by atoms with E-state index >= 15 is 0 Å². The molecule has 20 bridgehead atoms. The first-order valence-electron chi connectivity index (χ1n) is 34.5. The van der Waals surface area contributed by atoms with E-state index in [1.165, 1.54) is 27.8 Å². The number of hydrogen-bond acceptors (Lipinski definition) is 15. The molecule has 0 unspecified atom stereocenters. The van der Waals surface area contributed by atoms with Crippen molar-refractivity contribution in [2.45, 2.75) is 162 Å². The summed E-state index contributed by atoms with van der Waals surface area (Å²) in [5.41, 5.74) is 23.1. The van der Waals surface area contributed by atoms with Crippen LogP contribution >= 0.6 is 43.2 Å². The SMILES string of the molecule is NC(N)c1cc2c3cc1CSSC[C@@H]1C[C@]4(/C=C/C(=O)CCc5ccc(O)c(c5)OCCc5ccc(O)c(c5)[C@@H]3CC(=O)c3cc[nH]c3CC#C2)C[C@@]1(O)[C@H]1C=C[C@H]4C[C@H]2C[C@@]3(O)CCC[C@@H]4[C@@H](CSS1)[C@@H](CO)c1ccc(cc1C[C@@H]24)CCc1ccc(cc1)CCC[C@@H]3O. The molecule has 498 valence electrons. The second kappa shape index (κ2) is 28.3. The van der Waals surface area contributed by atoms with Crippen molar-refractivity contribution < 1.29 is 45.0 Å². The standard InChI is InChI=1S/C79H89N3O9S4/c80-76(81)64-36-52-5-2-7-69-61(26-30-82-69)72(87)39-65-62(52)38-55(64)43-92-93-44-57-41-77(29-25-58(84)20-15-50-18-23-71(86)73(34-50)91-31-27-51-17-22-70(85)66(65)33-51)46-79(57,90)75-24-19-56(77)35-54-40-78(89)28-3-6-60-63(54)37-53-32-49(16-21-59(53)67(42-83)68(60)45-94-95-75)14-13-48-11-9-47(10-12-48)4-1-8-74(78)88/h9-12,16-19,21-26,29-30,32-34,36,38,54,56-57,60,63,65,67-68,74-76,82-83,85-86,88-90H,1,3-4,6-8,13-15,20,27-28,31,35,37,39-46,80-81H2/b29-25+/t54-,56-,57-,60-,63-,65+,67-,68+,74-,75+,77+,78-,79-/m0/s1. The number of aromatic amines is 1. The second-order valence-corrected chi connectivity index (χ2v) is 33.9. The summed E-state index contributed by atoms with van der Waals surface area (Å²) >= 11 is 0. The number of H-pyrrole nitrogens is 1. The van der Waals surface area contributed by atoms with Gasteiger partial charge in [0.05, 0.1) is 48.4 Å². The highest BCUT2D eigenvalue weighted by Crippen LogP contribution is 2.64. The number of carbonyl (C=O) groups excluding carboxylic acids is 2. The van der Waals surface area contributed by atoms with Crippen molar-refractivity contribution in [1.82, 2.24) is 4.98 Å². The number of aliphatic hydroxyl groups is 4. The summed E-state index contributed by atoms with van der Waals surface area (Å²) in [5.74, 6) is 8.07. The number of phenolic OH excluding ortho intramolecular Hbond substituents is 2. The van der Waals surface area contributed by atoms with Gasteiger partial charge in [0, 0.05) is 76.9 Å². The maximum atomic E-state index is 14.7. The van der Waals surface area contributed by atoms with Gasteiger partial charge in [-0.1, -0.05) is 146 Å². The Balaban J connectivity index is 0.858. The van der Waals surface area contributed by atoms with E-state index in [1.807, 2.05) is 35.1 Å². The molecule has 95 heavy (non-hydrogen) atoms. The van der Waals surface area contributed by atoms with Crippen LogP contribution in [0, 0.1) is 52.8 Å². The predicted molar refractivity (Wildman–Crippen MR) is 383 cm³/mol. The number of aliphatic hydroxyl groups excluding tert-OH is 2. The van der Waals surface area contributed by atoms with Crippen LogP contribution in [0.25, 0.3) is 0 Å². The number of nitrogens with one attached hydrogen (secondary N) is 1. The lowest BCUT2D eigenvalue weighted by atomic mass is 9.60. The molecule has 0 saturated heterocycles. The smallest absolute Gasteiger partial charge is 0.165 e. The number of Topliss-reactive ketones (excluding diaryl/α,β-unsaturated/α-hetero) is 1. The van der Waals surface area contributed by atoms with Crippen molar-refractivity contribution in [2.24, 2.45) is 52.4 Å². The van der Waals surface area contributed by atoms with Gasteiger partial charge in [0.2, 0.25) is 0 Å². The third kappa shape index (κ3) is 13.8. The number of benzene rings is 5. The molecule has 7 aliphatic carbocycles. The molecule has 5 aromatic carbocycles. The lowest BCUT2D eigenvalue weighted by Gasteiger charge is -2.47. The molecule has 0 amide bonds. The van der Waals surface area contributed by atoms with Gasteiger partial charge in [-0.05, 0) is 216 Å². The minimum absolute atomic E-state index is 0.0203. The van der Waals surface area contributed by atoms with Crippen LogP contribution in [0.2, 0.25) is 0 Å². The molecule has 2 saturated carbocycles. The Kier molecular flexibility index (Phi) is 19.8. The first kappa shape index (κ1) is 66.5. The highest BCUT2D eigenvalue weighted by molar-refractivity contribution is 8.77. The topological polar surface area (TPSA) is 233 Å². The van der Waals surface area contributed by atoms with Crippen molar-refractivity contribution in [3.63, 3.8) is 0 Å². The first-order valence-corrected chi connectivity index (χ1v) is 39.4. The monoisotopic (exact) mass is 1350 g/mol. The van der Waals surface area contributed by atoms with E-state index < -0.39 is 34.8 Å². The molecule has 13 atom stereocenters. The molecule has 1 spiro atoms. The van der Waals surface area contributed by atoms with Gasteiger partial charge in [0.1, 0.15) is 5.75 Å². The maximum Gasteiger partial charge on any atom is 0.165 e. The number of ketones is 2. The number of aromatic hydroxyl groups is 2. The molecule has 1 aromatic heterocycles. The number of nitrogens with two attached hydrogens (primary N) is 2. The summed E-state index contributed by atoms with van der Waals surface area (Å²) in [5, 5.41) is 74.5. The number of phenols is 2. The third-order valence-corrected chi connectivity index (χ3v) is 28.5. The number of allylic oxidation sites excluding steroid dienone is 3. The van der Waals surface area contributed by atoms with Crippen molar-refractivity contribution >= 4 is 54.7 Å². The van der Waals surface area contributed by atoms with E-state index in [9.17, 15) is 40.2 Å². The average molecular weight is 1350 g/mol. The summed E-state index contributed by atoms with van der Waals surface area (Å²) in [6.45, 7) is 0.211. The van der Waals surface area contributed by atoms with Crippen LogP contribution in [-0.2, 0) is 55.5 Å². The van der Waals surface area contributed by atoms with E-state index in [2.05, 4.69) is 83.6 Å². The van der Waals surface area contributed by atoms with Gasteiger partial charge in [-0.2, -0.15) is 0 Å². The summed E-state index contributed by atoms with van der Waals surface area (Å²) in [7, 11) is 6.96. The van der Waals surface area contributed by atoms with Crippen molar-refractivity contribution in [3.8, 4) is 29.1 Å². The van der Waals surface area contributed by atoms with Gasteiger partial charge < -0.3 is 51.8 Å². The van der Waals surface area contributed by atoms with E-state index in [0.717, 1.165) is 84.2 Å². The Morgan fingerprint density at radius 2 is 1.48 bits per heavy atom. The Morgan fingerprint density at radius 3 is 2.32 bits per heavy atom. The quantitative estimate of drug-likeness (QED) is 0.0340. The summed E-state index contributed by atoms with van der Waals surface area (Å²) in [6, 6.07) is 32.5. The third-order valence-electron chi connectivity index (χ3n) is 23.2. The largest absolute Gasteiger partial charge is 0.508 e. The molecule has 9 aliphatic rings. The molecule has 15 rings (SSSR count). The molecule has 12 nitrogen and oxygen atoms in total. The molecule has 2 fully saturated rings. The minimum Gasteiger partial charge on any atom is -0.508 e. The summed E-state index contributed by atoms with van der Waals surface area (Å²) in [6.07, 6.45) is 18.9. The van der Waals surface area contributed by atoms with Crippen LogP contribution in [0.15, 0.2) is 128 Å². The lowest BCUT2D eigenvalue weighted by Crippen LogP contribution is -2.48. The first-order chi connectivity index (χ1) is 46.0. The minimum atomic E-state index is -1.35. The van der Waals surface area contributed by atoms with E-state index in [1.54, 1.807) is 68.9 Å². The molecular weight excluding hydrogens is 1260 g/mol. The zero-order valence-corrected chi connectivity index (χ0v) is 57.2. The van der Waals surface area contributed by atoms with Gasteiger partial charge in [0.25, 0.3) is 0 Å². The fourth-order valence-electron chi connectivity index (χ4n) is 18.1. The number of carbonyl (C=O) groups is 2. The second-order valence-electron chi connectivity index (χ2n) is 28.9. The zero-order chi connectivity index (χ0) is 65.6. The van der Waals surface area contributed by atoms with Gasteiger partial charge in [-0.3, -0.25) is 9.59 Å². The van der Waals surface area contributed by atoms with Gasteiger partial charge in [-0.25, -0.2) is 0 Å². The van der Waals surface area contributed by atoms with Crippen molar-refractivity contribution in [2.75, 3.05) is 24.7 Å². The van der Waals surface area contributed by atoms with Crippen LogP contribution in [-0.4, -0.2) is 94.5 Å². The average Bonchev–Trinajstić information content (AvgIpc) is 1.59. The van der Waals surface area contributed by atoms with Gasteiger partial charge in [0.15, 0.2) is 23.1 Å². The number of rotatable bonds is 2. The summed E-state index contributed by atoms with van der Waals surface area (Å²) in [4.78, 5) is 32.5. The fourth-order valence-corrected chi connectivity index (χ4v) is 23.9. The molecule has 16 heteroatoms. The molecule has 11 N–H and O–H groups in total. The number of ether oxygens (including phenoxy) is 1. The van der Waals surface area contributed by atoms with Crippen molar-refractivity contribution in [1.29, 1.82) is 0 Å². The lowest BCUT2D eigenvalue weighted by molar-refractivity contribution is -0.116. The normalized spacial score (nSPS) is 31.5. The van der Waals surface area contributed by atoms with E-state index in [0.29, 0.717) is 91.7 Å². The number of aryl methyl sites for hydroxylation is 4. The van der Waals surface area contributed by atoms with Gasteiger partial charge in [-0.15, -0.1) is 0 Å². The molecule has 0 radical (unpaired) electrons. The molecule has 6 aromatic rings. The number of fused-ring (bicyclic) bond motifs is 19. The Morgan fingerprint density at radius 1 is 0.716 bits per heavy atom. The molecular formula is C79H89N3O9S4. The fraction of sp³-hybridized carbons (Fsp3) is 0.468. The number of aromatic nitrogens is 1. The maximum absolute atomic E-state index is 14.7. The Hall–Kier alpha value is -5.68. The predicted octanol–water partition coefficient (Wildman–Crippen LogP) is 13.3. The van der Waals surface area contributed by atoms with Crippen LogP contribution in [0.3, 0.4) is 0 Å². The van der Waals surface area contributed by atoms with Crippen molar-refractivity contribution in [3.05, 3.63) is 206 Å². The Labute approximate surface area is 574 Å². The highest BCUT2D eigenvalue weighted by Gasteiger charge is 2.61. The highest BCUT2D eigenvalue weighted by atomic mass is 33.1. The number of hydrogen-bond donors (Lipinski definition) is 9. The Bertz CT molecular complexity index is 3970. The van der Waals surface area contributed by atoms with Crippen LogP contribution < -0.4 is 16.2 Å². The zero-order valence-electron chi connectivity index (χ0n) is 53.9. The molecule has 2 aliphatic heterocycles.